The summed E-state index contributed by atoms with van der Waals surface area (Å²) in [5.41, 5.74) is 2.83. The first-order chi connectivity index (χ1) is 13.6. The predicted molar refractivity (Wildman–Crippen MR) is 110 cm³/mol. The van der Waals surface area contributed by atoms with Gasteiger partial charge < -0.3 is 4.98 Å². The van der Waals surface area contributed by atoms with Crippen LogP contribution in [-0.4, -0.2) is 15.9 Å². The lowest BCUT2D eigenvalue weighted by molar-refractivity contribution is -0.116. The zero-order valence-electron chi connectivity index (χ0n) is 15.4. The van der Waals surface area contributed by atoms with Crippen molar-refractivity contribution in [3.05, 3.63) is 107 Å². The van der Waals surface area contributed by atoms with Gasteiger partial charge in [0.2, 0.25) is 5.91 Å². The molecule has 5 nitrogen and oxygen atoms in total. The number of nitrogens with one attached hydrogen (secondary N) is 1. The van der Waals surface area contributed by atoms with Crippen LogP contribution in [0.3, 0.4) is 0 Å². The quantitative estimate of drug-likeness (QED) is 0.590. The van der Waals surface area contributed by atoms with Crippen molar-refractivity contribution in [2.75, 3.05) is 4.90 Å². The number of carbonyl (C=O) groups is 1. The van der Waals surface area contributed by atoms with Crippen molar-refractivity contribution in [1.29, 1.82) is 0 Å². The molecule has 1 N–H and O–H groups in total. The first-order valence-electron chi connectivity index (χ1n) is 9.04. The number of aromatic amines is 1. The molecule has 5 heteroatoms. The summed E-state index contributed by atoms with van der Waals surface area (Å²) >= 11 is 0. The van der Waals surface area contributed by atoms with Crippen molar-refractivity contribution in [2.45, 2.75) is 13.0 Å². The van der Waals surface area contributed by atoms with Crippen LogP contribution in [0.5, 0.6) is 0 Å². The Kier molecular flexibility index (Phi) is 4.72. The van der Waals surface area contributed by atoms with E-state index in [1.54, 1.807) is 4.90 Å². The molecule has 0 radical (unpaired) electrons. The third-order valence-electron chi connectivity index (χ3n) is 4.63. The Morgan fingerprint density at radius 1 is 0.893 bits per heavy atom. The van der Waals surface area contributed by atoms with Crippen molar-refractivity contribution >= 4 is 22.6 Å². The highest BCUT2D eigenvalue weighted by molar-refractivity contribution is 5.93. The number of anilines is 1. The minimum Gasteiger partial charge on any atom is -0.319 e. The van der Waals surface area contributed by atoms with Crippen LogP contribution < -0.4 is 10.5 Å². The fourth-order valence-corrected chi connectivity index (χ4v) is 3.39. The van der Waals surface area contributed by atoms with Gasteiger partial charge in [0.05, 0.1) is 11.0 Å². The summed E-state index contributed by atoms with van der Waals surface area (Å²) in [6.07, 6.45) is 0. The lowest BCUT2D eigenvalue weighted by Gasteiger charge is -2.30. The van der Waals surface area contributed by atoms with E-state index in [0.29, 0.717) is 16.7 Å². The van der Waals surface area contributed by atoms with E-state index in [1.807, 2.05) is 84.9 Å². The van der Waals surface area contributed by atoms with Gasteiger partial charge in [-0.15, -0.1) is 0 Å². The summed E-state index contributed by atoms with van der Waals surface area (Å²) in [6, 6.07) is 25.5. The molecule has 4 rings (SSSR count). The maximum absolute atomic E-state index is 13.0. The zero-order chi connectivity index (χ0) is 19.5. The van der Waals surface area contributed by atoms with Gasteiger partial charge >= 0.3 is 0 Å². The largest absolute Gasteiger partial charge is 0.319 e. The van der Waals surface area contributed by atoms with Crippen LogP contribution in [0.4, 0.5) is 5.69 Å². The monoisotopic (exact) mass is 369 g/mol. The highest BCUT2D eigenvalue weighted by Gasteiger charge is 2.29. The molecule has 1 amide bonds. The second-order valence-corrected chi connectivity index (χ2v) is 6.51. The molecule has 1 heterocycles. The summed E-state index contributed by atoms with van der Waals surface area (Å²) in [6.45, 7) is 1.50. The van der Waals surface area contributed by atoms with Gasteiger partial charge in [-0.1, -0.05) is 60.7 Å². The summed E-state index contributed by atoms with van der Waals surface area (Å²) in [5.74, 6) is -0.172. The van der Waals surface area contributed by atoms with Gasteiger partial charge in [-0.2, -0.15) is 0 Å². The number of aromatic nitrogens is 2. The Balaban J connectivity index is 1.98. The van der Waals surface area contributed by atoms with Gasteiger partial charge in [-0.25, -0.2) is 4.98 Å². The second-order valence-electron chi connectivity index (χ2n) is 6.51. The van der Waals surface area contributed by atoms with Crippen molar-refractivity contribution in [3.8, 4) is 0 Å². The fraction of sp³-hybridized carbons (Fsp3) is 0.0870. The lowest BCUT2D eigenvalue weighted by Crippen LogP contribution is -2.37. The second kappa shape index (κ2) is 7.48. The van der Waals surface area contributed by atoms with Crippen LogP contribution in [0.25, 0.3) is 11.0 Å². The first-order valence-corrected chi connectivity index (χ1v) is 9.04. The van der Waals surface area contributed by atoms with Crippen LogP contribution in [-0.2, 0) is 4.79 Å². The molecule has 3 aromatic carbocycles. The topological polar surface area (TPSA) is 66.1 Å². The number of nitrogens with zero attached hydrogens (tertiary/aromatic N) is 2. The van der Waals surface area contributed by atoms with E-state index in [4.69, 9.17) is 0 Å². The van der Waals surface area contributed by atoms with E-state index in [1.165, 1.54) is 6.92 Å². The first kappa shape index (κ1) is 17.7. The fourth-order valence-electron chi connectivity index (χ4n) is 3.39. The number of hydrogen-bond donors (Lipinski definition) is 1. The molecular weight excluding hydrogens is 350 g/mol. The SMILES string of the molecule is CC(=O)N(c1ccccc1)[C@H](c1ccccc1)c1nc2ccccc2[nH]c1=O. The van der Waals surface area contributed by atoms with Crippen LogP contribution >= 0.6 is 0 Å². The van der Waals surface area contributed by atoms with E-state index in [-0.39, 0.29) is 17.2 Å². The number of para-hydroxylation sites is 3. The van der Waals surface area contributed by atoms with Crippen molar-refractivity contribution < 1.29 is 4.79 Å². The molecule has 0 aliphatic carbocycles. The molecule has 0 unspecified atom stereocenters. The number of amides is 1. The molecule has 0 fully saturated rings. The smallest absolute Gasteiger partial charge is 0.272 e. The van der Waals surface area contributed by atoms with Gasteiger partial charge in [-0.05, 0) is 29.8 Å². The summed E-state index contributed by atoms with van der Waals surface area (Å²) in [4.78, 5) is 34.8. The summed E-state index contributed by atoms with van der Waals surface area (Å²) in [5, 5.41) is 0. The third kappa shape index (κ3) is 3.30. The van der Waals surface area contributed by atoms with Crippen molar-refractivity contribution in [1.82, 2.24) is 9.97 Å². The predicted octanol–water partition coefficient (Wildman–Crippen LogP) is 4.07. The maximum Gasteiger partial charge on any atom is 0.272 e. The van der Waals surface area contributed by atoms with Crippen LogP contribution in [0.1, 0.15) is 24.2 Å². The van der Waals surface area contributed by atoms with Gasteiger partial charge in [0, 0.05) is 12.6 Å². The average molecular weight is 369 g/mol. The summed E-state index contributed by atoms with van der Waals surface area (Å²) < 4.78 is 0. The maximum atomic E-state index is 13.0. The molecule has 1 aromatic heterocycles. The average Bonchev–Trinajstić information content (AvgIpc) is 2.72. The molecular formula is C23H19N3O2. The number of hydrogen-bond acceptors (Lipinski definition) is 3. The van der Waals surface area contributed by atoms with Gasteiger partial charge in [0.25, 0.3) is 5.56 Å². The molecule has 28 heavy (non-hydrogen) atoms. The van der Waals surface area contributed by atoms with Crippen molar-refractivity contribution in [3.63, 3.8) is 0 Å². The Bertz CT molecular complexity index is 1170. The van der Waals surface area contributed by atoms with Crippen molar-refractivity contribution in [2.24, 2.45) is 0 Å². The highest BCUT2D eigenvalue weighted by atomic mass is 16.2. The Labute approximate surface area is 162 Å². The van der Waals surface area contributed by atoms with E-state index in [9.17, 15) is 9.59 Å². The molecule has 0 bridgehead atoms. The Morgan fingerprint density at radius 2 is 1.50 bits per heavy atom. The standard InChI is InChI=1S/C23H19N3O2/c1-16(27)26(18-12-6-3-7-13-18)22(17-10-4-2-5-11-17)21-23(28)25-20-15-9-8-14-19(20)24-21/h2-15,22H,1H3,(H,25,28)/t22-/m1/s1. The molecule has 0 aliphatic heterocycles. The van der Waals surface area contributed by atoms with E-state index in [0.717, 1.165) is 5.56 Å². The van der Waals surface area contributed by atoms with Gasteiger partial charge in [-0.3, -0.25) is 14.5 Å². The minimum absolute atomic E-state index is 0.172. The molecule has 0 saturated carbocycles. The minimum atomic E-state index is -0.644. The molecule has 4 aromatic rings. The molecule has 0 spiro atoms. The van der Waals surface area contributed by atoms with Crippen LogP contribution in [0.2, 0.25) is 0 Å². The zero-order valence-corrected chi connectivity index (χ0v) is 15.4. The van der Waals surface area contributed by atoms with E-state index in [2.05, 4.69) is 9.97 Å². The third-order valence-corrected chi connectivity index (χ3v) is 4.63. The normalized spacial score (nSPS) is 11.9. The van der Waals surface area contributed by atoms with Gasteiger partial charge in [0.15, 0.2) is 0 Å². The number of benzene rings is 3. The molecule has 1 atom stereocenters. The molecule has 138 valence electrons. The number of H-pyrrole nitrogens is 1. The van der Waals surface area contributed by atoms with Crippen LogP contribution in [0, 0.1) is 0 Å². The van der Waals surface area contributed by atoms with Crippen LogP contribution in [0.15, 0.2) is 89.7 Å². The van der Waals surface area contributed by atoms with E-state index < -0.39 is 6.04 Å². The summed E-state index contributed by atoms with van der Waals surface area (Å²) in [7, 11) is 0. The number of fused-ring (bicyclic) bond motifs is 1. The highest BCUT2D eigenvalue weighted by Crippen LogP contribution is 2.31. The van der Waals surface area contributed by atoms with Gasteiger partial charge in [0.1, 0.15) is 11.7 Å². The lowest BCUT2D eigenvalue weighted by atomic mass is 10.0. The Hall–Kier alpha value is -3.73. The molecule has 0 aliphatic rings. The number of rotatable bonds is 4. The van der Waals surface area contributed by atoms with E-state index >= 15 is 0 Å². The number of carbonyl (C=O) groups excluding carboxylic acids is 1. The molecule has 0 saturated heterocycles. The Morgan fingerprint density at radius 3 is 2.18 bits per heavy atom.